The Kier molecular flexibility index (Phi) is 8.65. The summed E-state index contributed by atoms with van der Waals surface area (Å²) in [6.45, 7) is 2.55. The van der Waals surface area contributed by atoms with Gasteiger partial charge in [-0.15, -0.1) is 0 Å². The average molecular weight is 552 g/mol. The molecule has 1 N–H and O–H groups in total. The standard InChI is InChI=1S/C26H28F3N3O5S/c1-17(2)23-25(35)31(21(15-32(23)38(3,36)37)19-12-8-5-9-13-19)16-22(33)30-20(24(34)26(27,28)29)14-18-10-6-4-7-11-18/h4-13,15,17,20,23H,14,16H2,1-3H3,(H,30,33). The highest BCUT2D eigenvalue weighted by Crippen LogP contribution is 2.31. The van der Waals surface area contributed by atoms with Gasteiger partial charge in [0.05, 0.1) is 12.0 Å². The third-order valence-corrected chi connectivity index (χ3v) is 7.03. The van der Waals surface area contributed by atoms with Gasteiger partial charge in [0, 0.05) is 12.6 Å². The maximum atomic E-state index is 13.6. The summed E-state index contributed by atoms with van der Waals surface area (Å²) in [6, 6.07) is 13.0. The van der Waals surface area contributed by atoms with E-state index in [1.807, 2.05) is 0 Å². The second-order valence-electron chi connectivity index (χ2n) is 9.26. The summed E-state index contributed by atoms with van der Waals surface area (Å²) >= 11 is 0. The number of carbonyl (C=O) groups excluding carboxylic acids is 3. The Labute approximate surface area is 219 Å². The van der Waals surface area contributed by atoms with Crippen molar-refractivity contribution < 1.29 is 36.0 Å². The number of amides is 2. The van der Waals surface area contributed by atoms with Crippen molar-refractivity contribution in [2.24, 2.45) is 5.92 Å². The molecule has 2 unspecified atom stereocenters. The lowest BCUT2D eigenvalue weighted by Gasteiger charge is -2.40. The number of ketones is 1. The minimum atomic E-state index is -5.19. The average Bonchev–Trinajstić information content (AvgIpc) is 2.83. The Morgan fingerprint density at radius 3 is 2.05 bits per heavy atom. The molecule has 2 aromatic rings. The third-order valence-electron chi connectivity index (χ3n) is 5.93. The smallest absolute Gasteiger partial charge is 0.344 e. The third kappa shape index (κ3) is 6.80. The van der Waals surface area contributed by atoms with Crippen molar-refractivity contribution in [1.82, 2.24) is 14.5 Å². The van der Waals surface area contributed by atoms with Gasteiger partial charge >= 0.3 is 6.18 Å². The Balaban J connectivity index is 1.97. The van der Waals surface area contributed by atoms with Crippen molar-refractivity contribution in [3.8, 4) is 0 Å². The van der Waals surface area contributed by atoms with E-state index in [2.05, 4.69) is 5.32 Å². The van der Waals surface area contributed by atoms with Gasteiger partial charge in [-0.05, 0) is 17.0 Å². The van der Waals surface area contributed by atoms with E-state index < -0.39 is 64.8 Å². The van der Waals surface area contributed by atoms with Gasteiger partial charge in [-0.2, -0.15) is 13.2 Å². The molecule has 0 aromatic heterocycles. The Morgan fingerprint density at radius 1 is 1.00 bits per heavy atom. The molecule has 12 heteroatoms. The van der Waals surface area contributed by atoms with Crippen LogP contribution in [0.3, 0.4) is 0 Å². The Bertz CT molecular complexity index is 1310. The molecule has 0 saturated carbocycles. The fourth-order valence-corrected chi connectivity index (χ4v) is 5.22. The van der Waals surface area contributed by atoms with E-state index in [4.69, 9.17) is 0 Å². The largest absolute Gasteiger partial charge is 0.452 e. The molecule has 1 aliphatic rings. The number of hydrogen-bond donors (Lipinski definition) is 1. The van der Waals surface area contributed by atoms with E-state index in [1.165, 1.54) is 18.3 Å². The molecule has 0 bridgehead atoms. The maximum absolute atomic E-state index is 13.6. The molecule has 204 valence electrons. The van der Waals surface area contributed by atoms with Crippen molar-refractivity contribution in [3.63, 3.8) is 0 Å². The van der Waals surface area contributed by atoms with Crippen LogP contribution in [0.15, 0.2) is 66.9 Å². The Morgan fingerprint density at radius 2 is 1.55 bits per heavy atom. The lowest BCUT2D eigenvalue weighted by molar-refractivity contribution is -0.173. The van der Waals surface area contributed by atoms with Crippen molar-refractivity contribution in [1.29, 1.82) is 0 Å². The first kappa shape index (κ1) is 28.9. The molecule has 0 aliphatic carbocycles. The first-order chi connectivity index (χ1) is 17.7. The topological polar surface area (TPSA) is 104 Å². The second-order valence-corrected chi connectivity index (χ2v) is 11.1. The van der Waals surface area contributed by atoms with E-state index in [1.54, 1.807) is 62.4 Å². The van der Waals surface area contributed by atoms with Crippen LogP contribution in [0.2, 0.25) is 0 Å². The molecule has 1 heterocycles. The number of hydrogen-bond acceptors (Lipinski definition) is 5. The summed E-state index contributed by atoms with van der Waals surface area (Å²) < 4.78 is 65.9. The fourth-order valence-electron chi connectivity index (χ4n) is 4.18. The van der Waals surface area contributed by atoms with Gasteiger partial charge < -0.3 is 5.32 Å². The van der Waals surface area contributed by atoms with Crippen LogP contribution < -0.4 is 5.32 Å². The lowest BCUT2D eigenvalue weighted by atomic mass is 9.99. The van der Waals surface area contributed by atoms with Crippen LogP contribution in [0.5, 0.6) is 0 Å². The highest BCUT2D eigenvalue weighted by molar-refractivity contribution is 7.88. The second kappa shape index (κ2) is 11.4. The maximum Gasteiger partial charge on any atom is 0.452 e. The number of nitrogens with zero attached hydrogens (tertiary/aromatic N) is 2. The molecule has 0 spiro atoms. The normalized spacial score (nSPS) is 17.3. The molecule has 2 atom stereocenters. The van der Waals surface area contributed by atoms with Gasteiger partial charge in [0.15, 0.2) is 0 Å². The van der Waals surface area contributed by atoms with Crippen LogP contribution in [0.1, 0.15) is 25.0 Å². The molecular weight excluding hydrogens is 523 g/mol. The van der Waals surface area contributed by atoms with Crippen LogP contribution in [0.25, 0.3) is 5.70 Å². The molecular formula is C26H28F3N3O5S. The molecule has 8 nitrogen and oxygen atoms in total. The number of sulfonamides is 1. The molecule has 1 aliphatic heterocycles. The molecule has 3 rings (SSSR count). The first-order valence-electron chi connectivity index (χ1n) is 11.7. The predicted octanol–water partition coefficient (Wildman–Crippen LogP) is 2.97. The number of carbonyl (C=O) groups is 3. The number of rotatable bonds is 9. The lowest BCUT2D eigenvalue weighted by Crippen LogP contribution is -2.57. The van der Waals surface area contributed by atoms with Crippen LogP contribution >= 0.6 is 0 Å². The molecule has 38 heavy (non-hydrogen) atoms. The van der Waals surface area contributed by atoms with Gasteiger partial charge in [0.2, 0.25) is 15.9 Å². The molecule has 0 fully saturated rings. The zero-order chi connectivity index (χ0) is 28.3. The quantitative estimate of drug-likeness (QED) is 0.516. The van der Waals surface area contributed by atoms with Crippen LogP contribution in [0.4, 0.5) is 13.2 Å². The van der Waals surface area contributed by atoms with Crippen molar-refractivity contribution in [2.75, 3.05) is 12.8 Å². The predicted molar refractivity (Wildman–Crippen MR) is 135 cm³/mol. The van der Waals surface area contributed by atoms with E-state index in [-0.39, 0.29) is 5.70 Å². The minimum Gasteiger partial charge on any atom is -0.344 e. The Hall–Kier alpha value is -3.67. The van der Waals surface area contributed by atoms with Crippen molar-refractivity contribution in [2.45, 2.75) is 38.5 Å². The van der Waals surface area contributed by atoms with Gasteiger partial charge in [-0.3, -0.25) is 23.6 Å². The zero-order valence-corrected chi connectivity index (χ0v) is 21.8. The van der Waals surface area contributed by atoms with E-state index in [0.29, 0.717) is 11.1 Å². The number of alkyl halides is 3. The summed E-state index contributed by atoms with van der Waals surface area (Å²) in [5, 5.41) is 2.14. The van der Waals surface area contributed by atoms with Crippen molar-refractivity contribution >= 4 is 33.3 Å². The van der Waals surface area contributed by atoms with E-state index in [0.717, 1.165) is 15.5 Å². The monoisotopic (exact) mass is 551 g/mol. The van der Waals surface area contributed by atoms with E-state index in [9.17, 15) is 36.0 Å². The summed E-state index contributed by atoms with van der Waals surface area (Å²) in [5.41, 5.74) is 0.893. The highest BCUT2D eigenvalue weighted by Gasteiger charge is 2.45. The summed E-state index contributed by atoms with van der Waals surface area (Å²) in [4.78, 5) is 39.8. The zero-order valence-electron chi connectivity index (χ0n) is 21.0. The minimum absolute atomic E-state index is 0.0785. The summed E-state index contributed by atoms with van der Waals surface area (Å²) in [6.07, 6.45) is -3.40. The van der Waals surface area contributed by atoms with Gasteiger partial charge in [-0.1, -0.05) is 74.5 Å². The number of Topliss-reactive ketones (excluding diaryl/α,β-unsaturated/α-hetero) is 1. The highest BCUT2D eigenvalue weighted by atomic mass is 32.2. The molecule has 2 aromatic carbocycles. The molecule has 2 amide bonds. The summed E-state index contributed by atoms with van der Waals surface area (Å²) in [5.74, 6) is -4.34. The molecule has 0 saturated heterocycles. The number of nitrogens with one attached hydrogen (secondary N) is 1. The van der Waals surface area contributed by atoms with Crippen molar-refractivity contribution in [3.05, 3.63) is 78.0 Å². The van der Waals surface area contributed by atoms with Crippen LogP contribution in [-0.2, 0) is 30.8 Å². The van der Waals surface area contributed by atoms with Crippen LogP contribution in [-0.4, -0.2) is 66.3 Å². The van der Waals surface area contributed by atoms with Gasteiger partial charge in [0.1, 0.15) is 18.6 Å². The molecule has 0 radical (unpaired) electrons. The fraction of sp³-hybridized carbons (Fsp3) is 0.346. The number of halogens is 3. The van der Waals surface area contributed by atoms with Crippen LogP contribution in [0, 0.1) is 5.92 Å². The SMILES string of the molecule is CC(C)C1C(=O)N(CC(=O)NC(Cc2ccccc2)C(=O)C(F)(F)F)C(c2ccccc2)=CN1S(C)(=O)=O. The van der Waals surface area contributed by atoms with Gasteiger partial charge in [0.25, 0.3) is 11.7 Å². The number of benzene rings is 2. The summed E-state index contributed by atoms with van der Waals surface area (Å²) in [7, 11) is -3.89. The van der Waals surface area contributed by atoms with Gasteiger partial charge in [-0.25, -0.2) is 8.42 Å². The van der Waals surface area contributed by atoms with E-state index >= 15 is 0 Å². The first-order valence-corrected chi connectivity index (χ1v) is 13.6.